The van der Waals surface area contributed by atoms with Crippen molar-refractivity contribution in [3.63, 3.8) is 0 Å². The standard InChI is InChI=1S/4C2H5O.Mo/c4*1-2-3;/h4*2H2,1H3;/q4*-1;+4. The molecule has 0 heterocycles. The van der Waals surface area contributed by atoms with Crippen LogP contribution in [0.1, 0.15) is 27.7 Å². The molecule has 5 heteroatoms. The normalized spacial score (nSPS) is 5.54. The Morgan fingerprint density at radius 2 is 0.538 bits per heavy atom. The molecule has 0 aliphatic rings. The maximum Gasteiger partial charge on any atom is 4.00 e. The molecule has 0 rings (SSSR count). The van der Waals surface area contributed by atoms with Crippen molar-refractivity contribution in [2.45, 2.75) is 27.7 Å². The van der Waals surface area contributed by atoms with Gasteiger partial charge in [0.1, 0.15) is 0 Å². The molecule has 0 saturated carbocycles. The summed E-state index contributed by atoms with van der Waals surface area (Å²) < 4.78 is 0. The zero-order chi connectivity index (χ0) is 10.8. The molecule has 0 aromatic heterocycles. The van der Waals surface area contributed by atoms with E-state index in [1.165, 1.54) is 0 Å². The van der Waals surface area contributed by atoms with Gasteiger partial charge in [-0.2, -0.15) is 0 Å². The fraction of sp³-hybridized carbons (Fsp3) is 1.00. The van der Waals surface area contributed by atoms with E-state index >= 15 is 0 Å². The third-order valence-corrected chi connectivity index (χ3v) is 0. The van der Waals surface area contributed by atoms with Gasteiger partial charge in [-0.1, -0.05) is 27.7 Å². The van der Waals surface area contributed by atoms with Crippen LogP contribution in [0.2, 0.25) is 0 Å². The second-order valence-electron chi connectivity index (χ2n) is 1.15. The van der Waals surface area contributed by atoms with Crippen molar-refractivity contribution in [3.05, 3.63) is 0 Å². The van der Waals surface area contributed by atoms with E-state index in [0.717, 1.165) is 0 Å². The summed E-state index contributed by atoms with van der Waals surface area (Å²) in [4.78, 5) is 0. The van der Waals surface area contributed by atoms with Crippen molar-refractivity contribution < 1.29 is 41.5 Å². The van der Waals surface area contributed by atoms with Crippen molar-refractivity contribution in [2.24, 2.45) is 0 Å². The minimum Gasteiger partial charge on any atom is -0.855 e. The quantitative estimate of drug-likeness (QED) is 0.456. The Bertz CT molecular complexity index is 24.1. The van der Waals surface area contributed by atoms with Gasteiger partial charge in [-0.15, -0.1) is 26.4 Å². The molecule has 0 fully saturated rings. The van der Waals surface area contributed by atoms with Crippen LogP contribution in [-0.4, -0.2) is 26.4 Å². The van der Waals surface area contributed by atoms with Gasteiger partial charge in [0.05, 0.1) is 0 Å². The summed E-state index contributed by atoms with van der Waals surface area (Å²) in [7, 11) is 0. The first-order chi connectivity index (χ1) is 5.66. The average Bonchev–Trinajstić information content (AvgIpc) is 1.92. The van der Waals surface area contributed by atoms with Crippen LogP contribution in [0.25, 0.3) is 0 Å². The molecule has 0 aliphatic heterocycles. The molecule has 0 aromatic rings. The smallest absolute Gasteiger partial charge is 0.855 e. The second kappa shape index (κ2) is 81.2. The van der Waals surface area contributed by atoms with Crippen LogP contribution in [0.5, 0.6) is 0 Å². The number of hydrogen-bond donors (Lipinski definition) is 0. The van der Waals surface area contributed by atoms with E-state index in [1.807, 2.05) is 0 Å². The Kier molecular flexibility index (Phi) is 182. The van der Waals surface area contributed by atoms with E-state index in [4.69, 9.17) is 20.4 Å². The van der Waals surface area contributed by atoms with E-state index in [1.54, 1.807) is 27.7 Å². The van der Waals surface area contributed by atoms with Crippen molar-refractivity contribution in [1.82, 2.24) is 0 Å². The van der Waals surface area contributed by atoms with Gasteiger partial charge < -0.3 is 20.4 Å². The Morgan fingerprint density at radius 1 is 0.538 bits per heavy atom. The molecule has 0 N–H and O–H groups in total. The first-order valence-electron chi connectivity index (χ1n) is 3.98. The SMILES string of the molecule is CC[O-].CC[O-].CC[O-].CC[O-].[Mo+4]. The van der Waals surface area contributed by atoms with Gasteiger partial charge in [0.25, 0.3) is 0 Å². The maximum atomic E-state index is 8.93. The van der Waals surface area contributed by atoms with Gasteiger partial charge in [0, 0.05) is 0 Å². The molecule has 4 nitrogen and oxygen atoms in total. The first kappa shape index (κ1) is 29.2. The number of rotatable bonds is 0. The summed E-state index contributed by atoms with van der Waals surface area (Å²) in [6, 6.07) is 0. The molecule has 0 amide bonds. The molecule has 13 heavy (non-hydrogen) atoms. The maximum absolute atomic E-state index is 8.93. The second-order valence-corrected chi connectivity index (χ2v) is 1.15. The van der Waals surface area contributed by atoms with Crippen molar-refractivity contribution in [2.75, 3.05) is 26.4 Å². The minimum atomic E-state index is 0. The van der Waals surface area contributed by atoms with Crippen molar-refractivity contribution >= 4 is 0 Å². The van der Waals surface area contributed by atoms with Gasteiger partial charge in [-0.05, 0) is 0 Å². The Morgan fingerprint density at radius 3 is 0.538 bits per heavy atom. The Labute approximate surface area is 95.9 Å². The summed E-state index contributed by atoms with van der Waals surface area (Å²) in [5, 5.41) is 35.7. The Balaban J connectivity index is -0.0000000213. The third-order valence-electron chi connectivity index (χ3n) is 0. The van der Waals surface area contributed by atoms with E-state index in [2.05, 4.69) is 0 Å². The Hall–Kier alpha value is 0.528. The minimum absolute atomic E-state index is 0. The van der Waals surface area contributed by atoms with Gasteiger partial charge in [0.2, 0.25) is 0 Å². The summed E-state index contributed by atoms with van der Waals surface area (Å²) in [6.07, 6.45) is 0. The summed E-state index contributed by atoms with van der Waals surface area (Å²) in [5.41, 5.74) is 0. The largest absolute Gasteiger partial charge is 4.00 e. The fourth-order valence-corrected chi connectivity index (χ4v) is 0. The fourth-order valence-electron chi connectivity index (χ4n) is 0. The van der Waals surface area contributed by atoms with E-state index in [0.29, 0.717) is 0 Å². The number of hydrogen-bond acceptors (Lipinski definition) is 4. The van der Waals surface area contributed by atoms with Gasteiger partial charge in [-0.3, -0.25) is 0 Å². The van der Waals surface area contributed by atoms with Crippen molar-refractivity contribution in [1.29, 1.82) is 0 Å². The van der Waals surface area contributed by atoms with Gasteiger partial charge in [-0.25, -0.2) is 0 Å². The van der Waals surface area contributed by atoms with Gasteiger partial charge >= 0.3 is 21.1 Å². The van der Waals surface area contributed by atoms with Gasteiger partial charge in [0.15, 0.2) is 0 Å². The molecule has 0 saturated heterocycles. The van der Waals surface area contributed by atoms with Crippen LogP contribution in [0, 0.1) is 0 Å². The molecule has 0 spiro atoms. The average molecular weight is 276 g/mol. The zero-order valence-electron chi connectivity index (χ0n) is 8.87. The summed E-state index contributed by atoms with van der Waals surface area (Å²) in [5.74, 6) is 0. The molecule has 0 aliphatic carbocycles. The predicted octanol–water partition coefficient (Wildman–Crippen LogP) is -2.54. The third kappa shape index (κ3) is 4980. The first-order valence-corrected chi connectivity index (χ1v) is 3.98. The molecule has 82 valence electrons. The van der Waals surface area contributed by atoms with Crippen LogP contribution in [0.4, 0.5) is 0 Å². The zero-order valence-corrected chi connectivity index (χ0v) is 10.9. The van der Waals surface area contributed by atoms with E-state index in [9.17, 15) is 0 Å². The molecule has 0 unspecified atom stereocenters. The van der Waals surface area contributed by atoms with Crippen LogP contribution in [0.15, 0.2) is 0 Å². The molecular formula is C8H20MoO4. The monoisotopic (exact) mass is 278 g/mol. The molecule has 0 atom stereocenters. The van der Waals surface area contributed by atoms with Crippen LogP contribution < -0.4 is 20.4 Å². The molecular weight excluding hydrogens is 256 g/mol. The molecule has 0 aromatic carbocycles. The van der Waals surface area contributed by atoms with E-state index < -0.39 is 0 Å². The van der Waals surface area contributed by atoms with E-state index in [-0.39, 0.29) is 47.5 Å². The van der Waals surface area contributed by atoms with Crippen LogP contribution >= 0.6 is 0 Å². The van der Waals surface area contributed by atoms with Crippen molar-refractivity contribution in [3.8, 4) is 0 Å². The van der Waals surface area contributed by atoms with Crippen LogP contribution in [-0.2, 0) is 21.1 Å². The summed E-state index contributed by atoms with van der Waals surface area (Å²) in [6.45, 7) is 6.28. The summed E-state index contributed by atoms with van der Waals surface area (Å²) >= 11 is 0. The van der Waals surface area contributed by atoms with Crippen LogP contribution in [0.3, 0.4) is 0 Å². The predicted molar refractivity (Wildman–Crippen MR) is 42.2 cm³/mol. The topological polar surface area (TPSA) is 92.2 Å². The molecule has 0 bridgehead atoms. The molecule has 0 radical (unpaired) electrons.